The van der Waals surface area contributed by atoms with E-state index in [1.165, 1.54) is 6.07 Å². The molecular weight excluding hydrogens is 253 g/mol. The Bertz CT molecular complexity index is 583. The summed E-state index contributed by atoms with van der Waals surface area (Å²) < 4.78 is 18.4. The van der Waals surface area contributed by atoms with Crippen LogP contribution in [0.1, 0.15) is 18.1 Å². The Balaban J connectivity index is 2.01. The van der Waals surface area contributed by atoms with Crippen molar-refractivity contribution in [2.75, 3.05) is 12.4 Å². The SMILES string of the molecule is COc1ccc(NC(C)Cc2cccc(F)c2)cc1C. The fourth-order valence-electron chi connectivity index (χ4n) is 2.32. The van der Waals surface area contributed by atoms with Gasteiger partial charge in [-0.2, -0.15) is 0 Å². The fourth-order valence-corrected chi connectivity index (χ4v) is 2.32. The van der Waals surface area contributed by atoms with E-state index in [9.17, 15) is 4.39 Å². The molecule has 0 amide bonds. The number of aryl methyl sites for hydroxylation is 1. The minimum absolute atomic E-state index is 0.185. The van der Waals surface area contributed by atoms with Crippen molar-refractivity contribution in [1.82, 2.24) is 0 Å². The second kappa shape index (κ2) is 6.42. The predicted molar refractivity (Wildman–Crippen MR) is 80.9 cm³/mol. The van der Waals surface area contributed by atoms with Gasteiger partial charge in [0.05, 0.1) is 7.11 Å². The van der Waals surface area contributed by atoms with Crippen LogP contribution >= 0.6 is 0 Å². The summed E-state index contributed by atoms with van der Waals surface area (Å²) >= 11 is 0. The van der Waals surface area contributed by atoms with E-state index in [-0.39, 0.29) is 11.9 Å². The van der Waals surface area contributed by atoms with Gasteiger partial charge in [-0.15, -0.1) is 0 Å². The third kappa shape index (κ3) is 3.73. The standard InChI is InChI=1S/C17H20FNO/c1-12-9-16(7-8-17(12)20-3)19-13(2)10-14-5-4-6-15(18)11-14/h4-9,11,13,19H,10H2,1-3H3. The highest BCUT2D eigenvalue weighted by Crippen LogP contribution is 2.22. The number of ether oxygens (including phenoxy) is 1. The Kier molecular flexibility index (Phi) is 4.61. The van der Waals surface area contributed by atoms with E-state index in [0.717, 1.165) is 29.0 Å². The molecule has 0 bridgehead atoms. The maximum Gasteiger partial charge on any atom is 0.123 e. The number of rotatable bonds is 5. The van der Waals surface area contributed by atoms with Gasteiger partial charge in [0.25, 0.3) is 0 Å². The number of halogens is 1. The minimum atomic E-state index is -0.185. The lowest BCUT2D eigenvalue weighted by molar-refractivity contribution is 0.412. The Morgan fingerprint density at radius 1 is 1.20 bits per heavy atom. The average molecular weight is 273 g/mol. The van der Waals surface area contributed by atoms with Crippen molar-refractivity contribution in [1.29, 1.82) is 0 Å². The van der Waals surface area contributed by atoms with E-state index < -0.39 is 0 Å². The zero-order valence-electron chi connectivity index (χ0n) is 12.1. The first kappa shape index (κ1) is 14.4. The van der Waals surface area contributed by atoms with E-state index in [1.807, 2.05) is 25.1 Å². The second-order valence-corrected chi connectivity index (χ2v) is 5.06. The lowest BCUT2D eigenvalue weighted by Gasteiger charge is -2.16. The van der Waals surface area contributed by atoms with Crippen LogP contribution < -0.4 is 10.1 Å². The molecule has 106 valence electrons. The molecule has 20 heavy (non-hydrogen) atoms. The van der Waals surface area contributed by atoms with Gasteiger partial charge in [-0.05, 0) is 61.7 Å². The smallest absolute Gasteiger partial charge is 0.123 e. The van der Waals surface area contributed by atoms with Gasteiger partial charge in [-0.1, -0.05) is 12.1 Å². The maximum absolute atomic E-state index is 13.1. The molecule has 2 aromatic carbocycles. The highest BCUT2D eigenvalue weighted by atomic mass is 19.1. The predicted octanol–water partition coefficient (Wildman–Crippen LogP) is 4.19. The lowest BCUT2D eigenvalue weighted by atomic mass is 10.1. The summed E-state index contributed by atoms with van der Waals surface area (Å²) in [7, 11) is 1.67. The summed E-state index contributed by atoms with van der Waals surface area (Å²) in [5.74, 6) is 0.698. The normalized spacial score (nSPS) is 12.0. The van der Waals surface area contributed by atoms with Crippen molar-refractivity contribution in [2.45, 2.75) is 26.3 Å². The number of hydrogen-bond donors (Lipinski definition) is 1. The third-order valence-corrected chi connectivity index (χ3v) is 3.24. The second-order valence-electron chi connectivity index (χ2n) is 5.06. The molecule has 0 fully saturated rings. The van der Waals surface area contributed by atoms with Crippen LogP contribution in [0.4, 0.5) is 10.1 Å². The molecule has 2 nitrogen and oxygen atoms in total. The molecule has 0 heterocycles. The van der Waals surface area contributed by atoms with Gasteiger partial charge in [0.1, 0.15) is 11.6 Å². The summed E-state index contributed by atoms with van der Waals surface area (Å²) in [6.45, 7) is 4.10. The highest BCUT2D eigenvalue weighted by molar-refractivity contribution is 5.51. The summed E-state index contributed by atoms with van der Waals surface area (Å²) in [6.07, 6.45) is 0.781. The van der Waals surface area contributed by atoms with E-state index in [1.54, 1.807) is 19.2 Å². The monoisotopic (exact) mass is 273 g/mol. The van der Waals surface area contributed by atoms with Crippen molar-refractivity contribution in [3.8, 4) is 5.75 Å². The minimum Gasteiger partial charge on any atom is -0.496 e. The third-order valence-electron chi connectivity index (χ3n) is 3.24. The van der Waals surface area contributed by atoms with Crippen molar-refractivity contribution < 1.29 is 9.13 Å². The Morgan fingerprint density at radius 3 is 2.65 bits per heavy atom. The highest BCUT2D eigenvalue weighted by Gasteiger charge is 2.06. The van der Waals surface area contributed by atoms with Crippen LogP contribution in [0.2, 0.25) is 0 Å². The molecular formula is C17H20FNO. The topological polar surface area (TPSA) is 21.3 Å². The van der Waals surface area contributed by atoms with E-state index in [4.69, 9.17) is 4.74 Å². The summed E-state index contributed by atoms with van der Waals surface area (Å²) in [6, 6.07) is 13.0. The molecule has 0 saturated carbocycles. The van der Waals surface area contributed by atoms with Crippen LogP contribution in [0.5, 0.6) is 5.75 Å². The number of anilines is 1. The zero-order valence-corrected chi connectivity index (χ0v) is 12.1. The molecule has 1 atom stereocenters. The summed E-state index contributed by atoms with van der Waals surface area (Å²) in [5.41, 5.74) is 3.14. The van der Waals surface area contributed by atoms with Gasteiger partial charge in [-0.3, -0.25) is 0 Å². The molecule has 0 spiro atoms. The van der Waals surface area contributed by atoms with Crippen molar-refractivity contribution in [3.63, 3.8) is 0 Å². The maximum atomic E-state index is 13.1. The van der Waals surface area contributed by atoms with Gasteiger partial charge in [0.15, 0.2) is 0 Å². The molecule has 0 radical (unpaired) electrons. The quantitative estimate of drug-likeness (QED) is 0.882. The molecule has 1 N–H and O–H groups in total. The van der Waals surface area contributed by atoms with Gasteiger partial charge in [0.2, 0.25) is 0 Å². The number of methoxy groups -OCH3 is 1. The molecule has 3 heteroatoms. The van der Waals surface area contributed by atoms with Crippen LogP contribution in [0, 0.1) is 12.7 Å². The molecule has 0 aliphatic carbocycles. The van der Waals surface area contributed by atoms with Crippen LogP contribution in [0.15, 0.2) is 42.5 Å². The molecule has 0 aliphatic heterocycles. The van der Waals surface area contributed by atoms with Crippen LogP contribution in [0.25, 0.3) is 0 Å². The average Bonchev–Trinajstić information content (AvgIpc) is 2.38. The number of benzene rings is 2. The van der Waals surface area contributed by atoms with Crippen LogP contribution in [-0.2, 0) is 6.42 Å². The number of nitrogens with one attached hydrogen (secondary N) is 1. The Labute approximate surface area is 119 Å². The van der Waals surface area contributed by atoms with Gasteiger partial charge in [-0.25, -0.2) is 4.39 Å². The lowest BCUT2D eigenvalue weighted by Crippen LogP contribution is -2.18. The molecule has 0 aromatic heterocycles. The van der Waals surface area contributed by atoms with Crippen LogP contribution in [-0.4, -0.2) is 13.2 Å². The Hall–Kier alpha value is -2.03. The van der Waals surface area contributed by atoms with Crippen molar-refractivity contribution in [3.05, 3.63) is 59.4 Å². The fraction of sp³-hybridized carbons (Fsp3) is 0.294. The first-order valence-corrected chi connectivity index (χ1v) is 6.74. The first-order valence-electron chi connectivity index (χ1n) is 6.74. The van der Waals surface area contributed by atoms with E-state index in [2.05, 4.69) is 18.3 Å². The van der Waals surface area contributed by atoms with E-state index >= 15 is 0 Å². The first-order chi connectivity index (χ1) is 9.58. The van der Waals surface area contributed by atoms with Crippen molar-refractivity contribution >= 4 is 5.69 Å². The molecule has 1 unspecified atom stereocenters. The van der Waals surface area contributed by atoms with Gasteiger partial charge < -0.3 is 10.1 Å². The molecule has 0 saturated heterocycles. The van der Waals surface area contributed by atoms with Gasteiger partial charge >= 0.3 is 0 Å². The van der Waals surface area contributed by atoms with Crippen molar-refractivity contribution in [2.24, 2.45) is 0 Å². The van der Waals surface area contributed by atoms with Crippen LogP contribution in [0.3, 0.4) is 0 Å². The Morgan fingerprint density at radius 2 is 2.00 bits per heavy atom. The molecule has 2 aromatic rings. The summed E-state index contributed by atoms with van der Waals surface area (Å²) in [4.78, 5) is 0. The largest absolute Gasteiger partial charge is 0.496 e. The molecule has 2 rings (SSSR count). The van der Waals surface area contributed by atoms with Gasteiger partial charge in [0, 0.05) is 11.7 Å². The molecule has 0 aliphatic rings. The summed E-state index contributed by atoms with van der Waals surface area (Å²) in [5, 5.41) is 3.42. The zero-order chi connectivity index (χ0) is 14.5. The van der Waals surface area contributed by atoms with E-state index in [0.29, 0.717) is 0 Å². The number of hydrogen-bond acceptors (Lipinski definition) is 2.